The van der Waals surface area contributed by atoms with Crippen LogP contribution in [0.3, 0.4) is 0 Å². The maximum Gasteiger partial charge on any atom is 0.418 e. The van der Waals surface area contributed by atoms with Gasteiger partial charge in [0.2, 0.25) is 0 Å². The van der Waals surface area contributed by atoms with Crippen LogP contribution in [0.15, 0.2) is 59.0 Å². The molecule has 0 bridgehead atoms. The first kappa shape index (κ1) is 32.6. The van der Waals surface area contributed by atoms with E-state index in [4.69, 9.17) is 4.74 Å². The number of carboxylic acid groups (broad SMARTS) is 2. The van der Waals surface area contributed by atoms with Gasteiger partial charge < -0.3 is 34.8 Å². The van der Waals surface area contributed by atoms with Crippen LogP contribution in [0.5, 0.6) is 0 Å². The molecule has 3 N–H and O–H groups in total. The number of pyridine rings is 1. The van der Waals surface area contributed by atoms with E-state index in [0.717, 1.165) is 16.2 Å². The standard InChI is InChI=1S/C26H25N7O10S2/c1-4-13-10-44-23-18(22(38)33(23)19(13)24(39)40)28-20(36)17(30-43-9-16(34)35)15-11-45-25(27-15)29-26(41)42-12-32-7-5-6-14(8-32)21(37)31(2)3/h4-8,11,18,23H,1,9-10,12H2,2-3H3,(H3-,27,28,29,34,35,36,39,40,41)/b30-17+/t18-,23-/m1/s1. The van der Waals surface area contributed by atoms with E-state index in [2.05, 4.69) is 32.2 Å². The topological polar surface area (TPSA) is 224 Å². The Balaban J connectivity index is 1.43. The number of thioether (sulfide) groups is 1. The number of carbonyl (C=O) groups excluding carboxylic acids is 5. The van der Waals surface area contributed by atoms with Crippen LogP contribution in [-0.2, 0) is 35.5 Å². The first-order valence-corrected chi connectivity index (χ1v) is 14.7. The molecule has 0 aliphatic carbocycles. The Kier molecular flexibility index (Phi) is 10.1. The van der Waals surface area contributed by atoms with E-state index >= 15 is 0 Å². The van der Waals surface area contributed by atoms with Crippen LogP contribution in [0.1, 0.15) is 16.1 Å². The number of oxime groups is 1. The summed E-state index contributed by atoms with van der Waals surface area (Å²) in [6, 6.07) is 2.09. The molecule has 19 heteroatoms. The third-order valence-electron chi connectivity index (χ3n) is 6.10. The number of aliphatic carboxylic acids is 2. The van der Waals surface area contributed by atoms with Crippen LogP contribution in [0.4, 0.5) is 9.93 Å². The smallest absolute Gasteiger partial charge is 0.418 e. The number of β-lactam (4-membered cyclic amide) rings is 1. The Morgan fingerprint density at radius 3 is 2.76 bits per heavy atom. The number of amides is 4. The highest BCUT2D eigenvalue weighted by molar-refractivity contribution is 8.00. The number of hydrogen-bond acceptors (Lipinski definition) is 13. The lowest BCUT2D eigenvalue weighted by atomic mass is 10.0. The number of ether oxygens (including phenoxy) is 1. The SMILES string of the molecule is C=CC1=C(C(=O)O)N2C(=O)[C@@H](NC(=O)/C(=N/OCC(=O)[O-])c3csc(NC(=O)OC[n+]4cccc(C(=O)N(C)C)c4)n3)[C@H]2SC1. The van der Waals surface area contributed by atoms with Crippen molar-refractivity contribution in [3.8, 4) is 0 Å². The minimum atomic E-state index is -1.62. The molecule has 0 spiro atoms. The molecule has 2 aromatic heterocycles. The van der Waals surface area contributed by atoms with Crippen LogP contribution in [0.2, 0.25) is 0 Å². The number of carboxylic acids is 2. The molecule has 2 aliphatic rings. The molecule has 45 heavy (non-hydrogen) atoms. The summed E-state index contributed by atoms with van der Waals surface area (Å²) in [5.74, 6) is -4.62. The monoisotopic (exact) mass is 659 g/mol. The zero-order valence-electron chi connectivity index (χ0n) is 23.6. The van der Waals surface area contributed by atoms with Gasteiger partial charge in [-0.05, 0) is 11.6 Å². The van der Waals surface area contributed by atoms with Crippen LogP contribution in [0.25, 0.3) is 0 Å². The third kappa shape index (κ3) is 7.44. The molecule has 17 nitrogen and oxygen atoms in total. The molecule has 1 saturated heterocycles. The van der Waals surface area contributed by atoms with Crippen LogP contribution >= 0.6 is 23.1 Å². The maximum atomic E-state index is 13.2. The lowest BCUT2D eigenvalue weighted by Gasteiger charge is -2.49. The zero-order valence-corrected chi connectivity index (χ0v) is 25.3. The van der Waals surface area contributed by atoms with Crippen LogP contribution in [0, 0.1) is 0 Å². The molecule has 2 atom stereocenters. The fourth-order valence-electron chi connectivity index (χ4n) is 4.05. The number of fused-ring (bicyclic) bond motifs is 1. The van der Waals surface area contributed by atoms with Gasteiger partial charge in [0.25, 0.3) is 24.5 Å². The van der Waals surface area contributed by atoms with Gasteiger partial charge in [0.1, 0.15) is 28.4 Å². The predicted molar refractivity (Wildman–Crippen MR) is 154 cm³/mol. The number of nitrogens with zero attached hydrogens (tertiary/aromatic N) is 5. The molecule has 4 rings (SSSR count). The van der Waals surface area contributed by atoms with E-state index in [0.29, 0.717) is 11.1 Å². The van der Waals surface area contributed by atoms with Gasteiger partial charge in [-0.3, -0.25) is 24.6 Å². The van der Waals surface area contributed by atoms with Gasteiger partial charge in [0.15, 0.2) is 29.8 Å². The fourth-order valence-corrected chi connectivity index (χ4v) is 6.07. The minimum absolute atomic E-state index is 0.0288. The maximum absolute atomic E-state index is 13.2. The summed E-state index contributed by atoms with van der Waals surface area (Å²) in [7, 11) is 3.20. The zero-order chi connectivity index (χ0) is 32.8. The van der Waals surface area contributed by atoms with Gasteiger partial charge in [-0.1, -0.05) is 17.8 Å². The molecule has 2 aromatic rings. The molecule has 4 heterocycles. The highest BCUT2D eigenvalue weighted by atomic mass is 32.2. The summed E-state index contributed by atoms with van der Waals surface area (Å²) >= 11 is 2.09. The average molecular weight is 660 g/mol. The third-order valence-corrected chi connectivity index (χ3v) is 8.16. The molecule has 0 unspecified atom stereocenters. The summed E-state index contributed by atoms with van der Waals surface area (Å²) in [4.78, 5) is 84.4. The second kappa shape index (κ2) is 14.0. The normalized spacial score (nSPS) is 17.4. The first-order valence-electron chi connectivity index (χ1n) is 12.8. The molecule has 0 aromatic carbocycles. The molecule has 1 fully saturated rings. The van der Waals surface area contributed by atoms with E-state index < -0.39 is 53.6 Å². The van der Waals surface area contributed by atoms with Gasteiger partial charge in [-0.2, -0.15) is 4.57 Å². The molecule has 236 valence electrons. The van der Waals surface area contributed by atoms with Crippen molar-refractivity contribution in [3.63, 3.8) is 0 Å². The number of nitrogens with one attached hydrogen (secondary N) is 2. The van der Waals surface area contributed by atoms with Crippen molar-refractivity contribution in [2.24, 2.45) is 5.16 Å². The summed E-state index contributed by atoms with van der Waals surface area (Å²) in [5, 5.41) is 29.3. The van der Waals surface area contributed by atoms with E-state index in [-0.39, 0.29) is 34.9 Å². The number of aromatic nitrogens is 2. The predicted octanol–water partition coefficient (Wildman–Crippen LogP) is -1.27. The van der Waals surface area contributed by atoms with Gasteiger partial charge in [-0.15, -0.1) is 23.1 Å². The van der Waals surface area contributed by atoms with Crippen molar-refractivity contribution in [1.82, 2.24) is 20.1 Å². The number of thiazole rings is 1. The largest absolute Gasteiger partial charge is 0.546 e. The van der Waals surface area contributed by atoms with Gasteiger partial charge in [-0.25, -0.2) is 14.6 Å². The summed E-state index contributed by atoms with van der Waals surface area (Å²) in [5.41, 5.74) is -0.172. The highest BCUT2D eigenvalue weighted by Gasteiger charge is 2.54. The first-order chi connectivity index (χ1) is 21.4. The fraction of sp³-hybridized carbons (Fsp3) is 0.269. The Bertz CT molecular complexity index is 1640. The van der Waals surface area contributed by atoms with Gasteiger partial charge in [0.05, 0.1) is 5.97 Å². The van der Waals surface area contributed by atoms with Gasteiger partial charge in [0, 0.05) is 31.3 Å². The van der Waals surface area contributed by atoms with E-state index in [9.17, 15) is 39.0 Å². The molecule has 4 amide bonds. The number of allylic oxidation sites excluding steroid dienone is 1. The second-order valence-corrected chi connectivity index (χ2v) is 11.3. The average Bonchev–Trinajstić information content (AvgIpc) is 3.47. The van der Waals surface area contributed by atoms with Crippen molar-refractivity contribution >= 4 is 69.7 Å². The number of carbonyl (C=O) groups is 6. The quantitative estimate of drug-likeness (QED) is 0.105. The van der Waals surface area contributed by atoms with E-state index in [1.54, 1.807) is 32.4 Å². The highest BCUT2D eigenvalue weighted by Crippen LogP contribution is 2.40. The van der Waals surface area contributed by atoms with Crippen LogP contribution < -0.4 is 20.3 Å². The van der Waals surface area contributed by atoms with Crippen molar-refractivity contribution in [2.75, 3.05) is 31.8 Å². The molecule has 2 aliphatic heterocycles. The van der Waals surface area contributed by atoms with E-state index in [1.807, 2.05) is 0 Å². The second-order valence-electron chi connectivity index (χ2n) is 9.36. The number of hydrogen-bond donors (Lipinski definition) is 3. The lowest BCUT2D eigenvalue weighted by molar-refractivity contribution is -0.727. The van der Waals surface area contributed by atoms with Crippen molar-refractivity contribution in [3.05, 3.63) is 65.1 Å². The molecular formula is C26H25N7O10S2. The number of anilines is 1. The molecule has 0 saturated carbocycles. The number of rotatable bonds is 12. The Morgan fingerprint density at radius 1 is 1.33 bits per heavy atom. The van der Waals surface area contributed by atoms with Gasteiger partial charge >= 0.3 is 12.1 Å². The Morgan fingerprint density at radius 2 is 2.09 bits per heavy atom. The van der Waals surface area contributed by atoms with Crippen molar-refractivity contribution in [2.45, 2.75) is 18.1 Å². The molecule has 0 radical (unpaired) electrons. The summed E-state index contributed by atoms with van der Waals surface area (Å²) in [6.45, 7) is 2.33. The Hall–Kier alpha value is -5.30. The Labute approximate surface area is 262 Å². The minimum Gasteiger partial charge on any atom is -0.546 e. The lowest BCUT2D eigenvalue weighted by Crippen LogP contribution is -2.71. The van der Waals surface area contributed by atoms with Crippen molar-refractivity contribution < 1.29 is 53.1 Å². The molecular weight excluding hydrogens is 634 g/mol. The summed E-state index contributed by atoms with van der Waals surface area (Å²) in [6.07, 6.45) is 3.52. The van der Waals surface area contributed by atoms with Crippen molar-refractivity contribution in [1.29, 1.82) is 0 Å². The van der Waals surface area contributed by atoms with Crippen LogP contribution in [-0.4, -0.2) is 99.2 Å². The summed E-state index contributed by atoms with van der Waals surface area (Å²) < 4.78 is 6.63. The van der Waals surface area contributed by atoms with E-state index in [1.165, 1.54) is 38.9 Å².